The Morgan fingerprint density at radius 2 is 1.62 bits per heavy atom. The van der Waals surface area contributed by atoms with Crippen LogP contribution >= 0.6 is 0 Å². The first-order chi connectivity index (χ1) is 12.4. The SMILES string of the molecule is COC(=O)CC[C@@H](NC(=O)[C@@H](Cc1ccccc1)NC(C)=O)C(=O)OC. The molecule has 26 heavy (non-hydrogen) atoms. The molecule has 0 fully saturated rings. The van der Waals surface area contributed by atoms with Crippen molar-refractivity contribution in [1.29, 1.82) is 0 Å². The van der Waals surface area contributed by atoms with Crippen LogP contribution in [0.25, 0.3) is 0 Å². The minimum atomic E-state index is -1.02. The molecule has 0 heterocycles. The first-order valence-corrected chi connectivity index (χ1v) is 8.13. The maximum atomic E-state index is 12.6. The highest BCUT2D eigenvalue weighted by Gasteiger charge is 2.27. The first-order valence-electron chi connectivity index (χ1n) is 8.13. The van der Waals surface area contributed by atoms with Crippen molar-refractivity contribution >= 4 is 23.8 Å². The first kappa shape index (κ1) is 21.1. The Labute approximate surface area is 152 Å². The van der Waals surface area contributed by atoms with Crippen molar-refractivity contribution in [3.05, 3.63) is 35.9 Å². The molecule has 0 saturated heterocycles. The van der Waals surface area contributed by atoms with Crippen molar-refractivity contribution in [1.82, 2.24) is 10.6 Å². The maximum Gasteiger partial charge on any atom is 0.328 e. The fourth-order valence-electron chi connectivity index (χ4n) is 2.33. The van der Waals surface area contributed by atoms with E-state index in [-0.39, 0.29) is 25.2 Å². The third kappa shape index (κ3) is 7.33. The van der Waals surface area contributed by atoms with Gasteiger partial charge in [0.15, 0.2) is 0 Å². The van der Waals surface area contributed by atoms with Gasteiger partial charge in [0.25, 0.3) is 0 Å². The predicted molar refractivity (Wildman–Crippen MR) is 92.9 cm³/mol. The van der Waals surface area contributed by atoms with E-state index in [1.54, 1.807) is 0 Å². The van der Waals surface area contributed by atoms with Gasteiger partial charge in [-0.15, -0.1) is 0 Å². The molecule has 0 aliphatic heterocycles. The Hall–Kier alpha value is -2.90. The highest BCUT2D eigenvalue weighted by molar-refractivity contribution is 5.90. The highest BCUT2D eigenvalue weighted by atomic mass is 16.5. The second-order valence-corrected chi connectivity index (χ2v) is 5.64. The molecule has 2 N–H and O–H groups in total. The van der Waals surface area contributed by atoms with Crippen LogP contribution in [0.1, 0.15) is 25.3 Å². The lowest BCUT2D eigenvalue weighted by Gasteiger charge is -2.21. The van der Waals surface area contributed by atoms with Crippen LogP contribution in [0, 0.1) is 0 Å². The fourth-order valence-corrected chi connectivity index (χ4v) is 2.33. The summed E-state index contributed by atoms with van der Waals surface area (Å²) in [5, 5.41) is 5.11. The number of esters is 2. The van der Waals surface area contributed by atoms with E-state index < -0.39 is 29.9 Å². The molecule has 0 aliphatic carbocycles. The van der Waals surface area contributed by atoms with Crippen molar-refractivity contribution in [3.8, 4) is 0 Å². The number of nitrogens with one attached hydrogen (secondary N) is 2. The molecule has 1 rings (SSSR count). The summed E-state index contributed by atoms with van der Waals surface area (Å²) in [6.45, 7) is 1.31. The van der Waals surface area contributed by atoms with Gasteiger partial charge in [-0.05, 0) is 12.0 Å². The third-order valence-corrected chi connectivity index (χ3v) is 3.64. The number of carbonyl (C=O) groups is 4. The molecule has 0 radical (unpaired) electrons. The lowest BCUT2D eigenvalue weighted by molar-refractivity contribution is -0.146. The summed E-state index contributed by atoms with van der Waals surface area (Å²) in [6, 6.07) is 7.28. The Balaban J connectivity index is 2.83. The number of benzene rings is 1. The van der Waals surface area contributed by atoms with Gasteiger partial charge in [-0.2, -0.15) is 0 Å². The number of rotatable bonds is 9. The van der Waals surface area contributed by atoms with E-state index in [0.717, 1.165) is 5.56 Å². The summed E-state index contributed by atoms with van der Waals surface area (Å²) in [7, 11) is 2.43. The van der Waals surface area contributed by atoms with Crippen molar-refractivity contribution in [2.75, 3.05) is 14.2 Å². The summed E-state index contributed by atoms with van der Waals surface area (Å²) in [6.07, 6.45) is 0.237. The number of methoxy groups -OCH3 is 2. The molecule has 0 aromatic heterocycles. The zero-order chi connectivity index (χ0) is 19.5. The maximum absolute atomic E-state index is 12.6. The van der Waals surface area contributed by atoms with Gasteiger partial charge in [0.05, 0.1) is 14.2 Å². The molecule has 2 atom stereocenters. The quantitative estimate of drug-likeness (QED) is 0.612. The van der Waals surface area contributed by atoms with Crippen LogP contribution in [0.4, 0.5) is 0 Å². The number of hydrogen-bond donors (Lipinski definition) is 2. The van der Waals surface area contributed by atoms with E-state index in [2.05, 4.69) is 20.1 Å². The topological polar surface area (TPSA) is 111 Å². The lowest BCUT2D eigenvalue weighted by Crippen LogP contribution is -2.52. The molecule has 8 heteroatoms. The van der Waals surface area contributed by atoms with Crippen molar-refractivity contribution < 1.29 is 28.7 Å². The molecule has 8 nitrogen and oxygen atoms in total. The second kappa shape index (κ2) is 10.9. The summed E-state index contributed by atoms with van der Waals surface area (Å²) in [5.41, 5.74) is 0.852. The number of ether oxygens (including phenoxy) is 2. The molecule has 1 aromatic rings. The molecule has 1 aromatic carbocycles. The highest BCUT2D eigenvalue weighted by Crippen LogP contribution is 2.06. The second-order valence-electron chi connectivity index (χ2n) is 5.64. The molecule has 0 saturated carbocycles. The van der Waals surface area contributed by atoms with Crippen molar-refractivity contribution in [2.24, 2.45) is 0 Å². The van der Waals surface area contributed by atoms with E-state index in [4.69, 9.17) is 0 Å². The molecule has 142 valence electrons. The predicted octanol–water partition coefficient (Wildman–Crippen LogP) is 0.345. The van der Waals surface area contributed by atoms with Gasteiger partial charge in [0, 0.05) is 19.8 Å². The number of hydrogen-bond acceptors (Lipinski definition) is 6. The van der Waals surface area contributed by atoms with Gasteiger partial charge in [0.1, 0.15) is 12.1 Å². The van der Waals surface area contributed by atoms with E-state index in [1.807, 2.05) is 30.3 Å². The van der Waals surface area contributed by atoms with Crippen molar-refractivity contribution in [3.63, 3.8) is 0 Å². The van der Waals surface area contributed by atoms with E-state index in [1.165, 1.54) is 21.1 Å². The fraction of sp³-hybridized carbons (Fsp3) is 0.444. The van der Waals surface area contributed by atoms with Crippen LogP contribution in [-0.2, 0) is 35.1 Å². The van der Waals surface area contributed by atoms with E-state index in [9.17, 15) is 19.2 Å². The Kier molecular flexibility index (Phi) is 8.83. The third-order valence-electron chi connectivity index (χ3n) is 3.64. The van der Waals surface area contributed by atoms with Gasteiger partial charge < -0.3 is 20.1 Å². The van der Waals surface area contributed by atoms with Gasteiger partial charge in [0.2, 0.25) is 11.8 Å². The summed E-state index contributed by atoms with van der Waals surface area (Å²) >= 11 is 0. The Bertz CT molecular complexity index is 632. The molecular weight excluding hydrogens is 340 g/mol. The largest absolute Gasteiger partial charge is 0.469 e. The number of carbonyl (C=O) groups excluding carboxylic acids is 4. The monoisotopic (exact) mass is 364 g/mol. The van der Waals surface area contributed by atoms with Crippen LogP contribution in [-0.4, -0.2) is 50.1 Å². The molecule has 0 aliphatic rings. The molecule has 0 unspecified atom stereocenters. The average Bonchev–Trinajstić information content (AvgIpc) is 2.63. The normalized spacial score (nSPS) is 12.4. The molecule has 0 spiro atoms. The van der Waals surface area contributed by atoms with Crippen molar-refractivity contribution in [2.45, 2.75) is 38.3 Å². The minimum Gasteiger partial charge on any atom is -0.469 e. The standard InChI is InChI=1S/C18H24N2O6/c1-12(21)19-15(11-13-7-5-4-6-8-13)17(23)20-14(18(24)26-3)9-10-16(22)25-2/h4-8,14-15H,9-11H2,1-3H3,(H,19,21)(H,20,23)/t14-,15-/m1/s1. The smallest absolute Gasteiger partial charge is 0.328 e. The average molecular weight is 364 g/mol. The Morgan fingerprint density at radius 1 is 0.962 bits per heavy atom. The zero-order valence-corrected chi connectivity index (χ0v) is 15.1. The molecule has 2 amide bonds. The summed E-state index contributed by atoms with van der Waals surface area (Å²) in [5.74, 6) is -2.09. The van der Waals surface area contributed by atoms with Crippen LogP contribution in [0.15, 0.2) is 30.3 Å². The van der Waals surface area contributed by atoms with E-state index in [0.29, 0.717) is 0 Å². The zero-order valence-electron chi connectivity index (χ0n) is 15.1. The molecular formula is C18H24N2O6. The lowest BCUT2D eigenvalue weighted by atomic mass is 10.0. The number of amides is 2. The van der Waals surface area contributed by atoms with Crippen LogP contribution in [0.2, 0.25) is 0 Å². The van der Waals surface area contributed by atoms with Crippen LogP contribution in [0.5, 0.6) is 0 Å². The van der Waals surface area contributed by atoms with Crippen LogP contribution in [0.3, 0.4) is 0 Å². The summed E-state index contributed by atoms with van der Waals surface area (Å²) < 4.78 is 9.20. The molecule has 0 bridgehead atoms. The van der Waals surface area contributed by atoms with E-state index >= 15 is 0 Å². The van der Waals surface area contributed by atoms with Gasteiger partial charge in [-0.3, -0.25) is 14.4 Å². The summed E-state index contributed by atoms with van der Waals surface area (Å²) in [4.78, 5) is 47.2. The van der Waals surface area contributed by atoms with Gasteiger partial charge in [-0.25, -0.2) is 4.79 Å². The van der Waals surface area contributed by atoms with Crippen LogP contribution < -0.4 is 10.6 Å². The minimum absolute atomic E-state index is 0.0310. The Morgan fingerprint density at radius 3 is 2.15 bits per heavy atom. The van der Waals surface area contributed by atoms with Gasteiger partial charge in [-0.1, -0.05) is 30.3 Å². The van der Waals surface area contributed by atoms with Gasteiger partial charge >= 0.3 is 11.9 Å².